The molecule has 1 aliphatic heterocycles. The summed E-state index contributed by atoms with van der Waals surface area (Å²) in [6, 6.07) is 14.9. The highest BCUT2D eigenvalue weighted by atomic mass is 35.5. The molecule has 1 aliphatic rings. The van der Waals surface area contributed by atoms with E-state index in [9.17, 15) is 8.42 Å². The summed E-state index contributed by atoms with van der Waals surface area (Å²) in [5.41, 5.74) is 2.30. The van der Waals surface area contributed by atoms with Gasteiger partial charge in [-0.1, -0.05) is 23.7 Å². The van der Waals surface area contributed by atoms with Crippen molar-refractivity contribution in [2.45, 2.75) is 30.7 Å². The first kappa shape index (κ1) is 17.3. The third-order valence-electron chi connectivity index (χ3n) is 4.29. The van der Waals surface area contributed by atoms with Crippen molar-refractivity contribution in [3.63, 3.8) is 0 Å². The van der Waals surface area contributed by atoms with Crippen molar-refractivity contribution in [2.75, 3.05) is 18.4 Å². The van der Waals surface area contributed by atoms with Crippen LogP contribution in [0.2, 0.25) is 5.02 Å². The number of nitrogens with zero attached hydrogens (tertiary/aromatic N) is 1. The minimum absolute atomic E-state index is 0.295. The van der Waals surface area contributed by atoms with Crippen LogP contribution in [0.5, 0.6) is 0 Å². The molecule has 1 saturated heterocycles. The Labute approximate surface area is 148 Å². The number of halogens is 1. The number of sulfonamides is 1. The number of hydrogen-bond acceptors (Lipinski definition) is 3. The predicted molar refractivity (Wildman–Crippen MR) is 98.0 cm³/mol. The van der Waals surface area contributed by atoms with E-state index in [1.165, 1.54) is 5.56 Å². The Kier molecular flexibility index (Phi) is 5.13. The van der Waals surface area contributed by atoms with Gasteiger partial charge in [-0.2, -0.15) is 4.31 Å². The quantitative estimate of drug-likeness (QED) is 0.894. The molecule has 0 radical (unpaired) electrons. The number of aryl methyl sites for hydroxylation is 1. The molecule has 3 rings (SSSR count). The van der Waals surface area contributed by atoms with Crippen molar-refractivity contribution in [3.05, 3.63) is 59.1 Å². The van der Waals surface area contributed by atoms with Crippen molar-refractivity contribution in [1.29, 1.82) is 0 Å². The fourth-order valence-electron chi connectivity index (χ4n) is 2.97. The summed E-state index contributed by atoms with van der Waals surface area (Å²) in [5.74, 6) is 0. The van der Waals surface area contributed by atoms with Crippen LogP contribution in [0.4, 0.5) is 5.69 Å². The highest BCUT2D eigenvalue weighted by Crippen LogP contribution is 2.24. The monoisotopic (exact) mass is 364 g/mol. The first-order valence-corrected chi connectivity index (χ1v) is 9.86. The lowest BCUT2D eigenvalue weighted by Gasteiger charge is -2.32. The van der Waals surface area contributed by atoms with E-state index >= 15 is 0 Å². The summed E-state index contributed by atoms with van der Waals surface area (Å²) in [6.07, 6.45) is 1.58. The average molecular weight is 365 g/mol. The average Bonchev–Trinajstić information content (AvgIpc) is 2.56. The lowest BCUT2D eigenvalue weighted by molar-refractivity contribution is 0.330. The Hall–Kier alpha value is -1.56. The number of benzene rings is 2. The Morgan fingerprint density at radius 1 is 1.08 bits per heavy atom. The van der Waals surface area contributed by atoms with Crippen LogP contribution in [0.25, 0.3) is 0 Å². The van der Waals surface area contributed by atoms with E-state index in [4.69, 9.17) is 11.6 Å². The zero-order valence-electron chi connectivity index (χ0n) is 13.6. The zero-order chi connectivity index (χ0) is 17.2. The van der Waals surface area contributed by atoms with Gasteiger partial charge in [-0.05, 0) is 61.7 Å². The SMILES string of the molecule is Cc1cccc(NC2CCN(S(=O)(=O)c3ccc(Cl)cc3)CC2)c1. The van der Waals surface area contributed by atoms with Crippen LogP contribution in [0, 0.1) is 6.92 Å². The fraction of sp³-hybridized carbons (Fsp3) is 0.333. The van der Waals surface area contributed by atoms with E-state index in [0.717, 1.165) is 18.5 Å². The maximum absolute atomic E-state index is 12.7. The van der Waals surface area contributed by atoms with Crippen molar-refractivity contribution in [3.8, 4) is 0 Å². The van der Waals surface area contributed by atoms with Crippen LogP contribution >= 0.6 is 11.6 Å². The lowest BCUT2D eigenvalue weighted by Crippen LogP contribution is -2.42. The van der Waals surface area contributed by atoms with E-state index in [0.29, 0.717) is 29.0 Å². The van der Waals surface area contributed by atoms with Crippen LogP contribution in [0.1, 0.15) is 18.4 Å². The number of rotatable bonds is 4. The van der Waals surface area contributed by atoms with Gasteiger partial charge in [0, 0.05) is 29.8 Å². The number of hydrogen-bond donors (Lipinski definition) is 1. The summed E-state index contributed by atoms with van der Waals surface area (Å²) < 4.78 is 26.9. The van der Waals surface area contributed by atoms with Crippen LogP contribution < -0.4 is 5.32 Å². The van der Waals surface area contributed by atoms with Gasteiger partial charge in [0.1, 0.15) is 0 Å². The fourth-order valence-corrected chi connectivity index (χ4v) is 4.56. The molecule has 1 fully saturated rings. The molecule has 1 heterocycles. The van der Waals surface area contributed by atoms with Gasteiger partial charge < -0.3 is 5.32 Å². The predicted octanol–water partition coefficient (Wildman–Crippen LogP) is 3.91. The summed E-state index contributed by atoms with van der Waals surface area (Å²) in [7, 11) is -3.43. The number of piperidine rings is 1. The summed E-state index contributed by atoms with van der Waals surface area (Å²) in [4.78, 5) is 0.303. The second-order valence-corrected chi connectivity index (χ2v) is 8.52. The highest BCUT2D eigenvalue weighted by molar-refractivity contribution is 7.89. The topological polar surface area (TPSA) is 49.4 Å². The van der Waals surface area contributed by atoms with Gasteiger partial charge in [-0.3, -0.25) is 0 Å². The Balaban J connectivity index is 1.63. The maximum atomic E-state index is 12.7. The van der Waals surface area contributed by atoms with Crippen LogP contribution in [0.15, 0.2) is 53.4 Å². The molecule has 24 heavy (non-hydrogen) atoms. The molecule has 0 saturated carbocycles. The van der Waals surface area contributed by atoms with Crippen molar-refractivity contribution < 1.29 is 8.42 Å². The standard InChI is InChI=1S/C18H21ClN2O2S/c1-14-3-2-4-17(13-14)20-16-9-11-21(12-10-16)24(22,23)18-7-5-15(19)6-8-18/h2-8,13,16,20H,9-12H2,1H3. The van der Waals surface area contributed by atoms with Crippen molar-refractivity contribution in [2.24, 2.45) is 0 Å². The third-order valence-corrected chi connectivity index (χ3v) is 6.46. The molecule has 0 spiro atoms. The summed E-state index contributed by atoms with van der Waals surface area (Å²) in [6.45, 7) is 3.11. The molecule has 6 heteroatoms. The molecule has 128 valence electrons. The van der Waals surface area contributed by atoms with Gasteiger partial charge in [0.25, 0.3) is 0 Å². The molecule has 4 nitrogen and oxygen atoms in total. The van der Waals surface area contributed by atoms with Gasteiger partial charge in [0.2, 0.25) is 10.0 Å². The third kappa shape index (κ3) is 3.91. The van der Waals surface area contributed by atoms with E-state index in [2.05, 4.69) is 24.4 Å². The molecule has 0 aromatic heterocycles. The molecule has 2 aromatic rings. The highest BCUT2D eigenvalue weighted by Gasteiger charge is 2.29. The molecule has 0 amide bonds. The van der Waals surface area contributed by atoms with Crippen LogP contribution in [0.3, 0.4) is 0 Å². The normalized spacial score (nSPS) is 16.9. The molecule has 0 atom stereocenters. The van der Waals surface area contributed by atoms with Gasteiger partial charge in [-0.15, -0.1) is 0 Å². The smallest absolute Gasteiger partial charge is 0.243 e. The first-order valence-electron chi connectivity index (χ1n) is 8.04. The lowest BCUT2D eigenvalue weighted by atomic mass is 10.1. The Morgan fingerprint density at radius 3 is 2.38 bits per heavy atom. The second kappa shape index (κ2) is 7.13. The van der Waals surface area contributed by atoms with E-state index in [1.807, 2.05) is 12.1 Å². The summed E-state index contributed by atoms with van der Waals surface area (Å²) >= 11 is 5.84. The minimum atomic E-state index is -3.43. The minimum Gasteiger partial charge on any atom is -0.382 e. The van der Waals surface area contributed by atoms with Crippen LogP contribution in [-0.4, -0.2) is 31.9 Å². The van der Waals surface area contributed by atoms with Crippen LogP contribution in [-0.2, 0) is 10.0 Å². The van der Waals surface area contributed by atoms with Gasteiger partial charge in [0.15, 0.2) is 0 Å². The van der Waals surface area contributed by atoms with Gasteiger partial charge >= 0.3 is 0 Å². The van der Waals surface area contributed by atoms with Gasteiger partial charge in [0.05, 0.1) is 4.90 Å². The van der Waals surface area contributed by atoms with E-state index < -0.39 is 10.0 Å². The van der Waals surface area contributed by atoms with Crippen molar-refractivity contribution in [1.82, 2.24) is 4.31 Å². The maximum Gasteiger partial charge on any atom is 0.243 e. The Morgan fingerprint density at radius 2 is 1.75 bits per heavy atom. The zero-order valence-corrected chi connectivity index (χ0v) is 15.1. The first-order chi connectivity index (χ1) is 11.4. The van der Waals surface area contributed by atoms with Gasteiger partial charge in [-0.25, -0.2) is 8.42 Å². The largest absolute Gasteiger partial charge is 0.382 e. The Bertz CT molecular complexity index is 798. The number of anilines is 1. The molecular formula is C18H21ClN2O2S. The molecule has 0 unspecified atom stereocenters. The van der Waals surface area contributed by atoms with Crippen molar-refractivity contribution >= 4 is 27.3 Å². The van der Waals surface area contributed by atoms with E-state index in [1.54, 1.807) is 28.6 Å². The molecule has 0 aliphatic carbocycles. The number of nitrogens with one attached hydrogen (secondary N) is 1. The molecular weight excluding hydrogens is 344 g/mol. The summed E-state index contributed by atoms with van der Waals surface area (Å²) in [5, 5.41) is 4.04. The molecule has 0 bridgehead atoms. The molecule has 2 aromatic carbocycles. The molecule has 1 N–H and O–H groups in total. The second-order valence-electron chi connectivity index (χ2n) is 6.15. The van der Waals surface area contributed by atoms with E-state index in [-0.39, 0.29) is 0 Å².